The van der Waals surface area contributed by atoms with E-state index in [0.29, 0.717) is 27.2 Å². The van der Waals surface area contributed by atoms with Gasteiger partial charge in [0.2, 0.25) is 4.96 Å². The zero-order valence-corrected chi connectivity index (χ0v) is 19.6. The molecule has 0 spiro atoms. The first kappa shape index (κ1) is 22.2. The van der Waals surface area contributed by atoms with Gasteiger partial charge in [0.05, 0.1) is 23.3 Å². The summed E-state index contributed by atoms with van der Waals surface area (Å²) < 4.78 is 12.7. The number of anilines is 1. The Morgan fingerprint density at radius 1 is 1.14 bits per heavy atom. The van der Waals surface area contributed by atoms with Crippen LogP contribution in [0.4, 0.5) is 11.4 Å². The van der Waals surface area contributed by atoms with Gasteiger partial charge in [0, 0.05) is 11.6 Å². The number of benzene rings is 2. The van der Waals surface area contributed by atoms with Crippen molar-refractivity contribution >= 4 is 33.6 Å². The van der Waals surface area contributed by atoms with Gasteiger partial charge in [-0.3, -0.25) is 14.9 Å². The second kappa shape index (κ2) is 8.65. The van der Waals surface area contributed by atoms with E-state index < -0.39 is 10.8 Å². The molecule has 5 rings (SSSR count). The number of furan rings is 1. The Kier molecular flexibility index (Phi) is 5.49. The third-order valence-electron chi connectivity index (χ3n) is 5.29. The number of fused-ring (bicyclic) bond motifs is 1. The van der Waals surface area contributed by atoms with Crippen LogP contribution in [0.1, 0.15) is 21.9 Å². The Morgan fingerprint density at radius 2 is 1.97 bits per heavy atom. The molecule has 0 unspecified atom stereocenters. The van der Waals surface area contributed by atoms with Crippen molar-refractivity contribution in [3.63, 3.8) is 0 Å². The van der Waals surface area contributed by atoms with Crippen LogP contribution in [-0.4, -0.2) is 37.8 Å². The first-order chi connectivity index (χ1) is 16.8. The van der Waals surface area contributed by atoms with E-state index in [1.54, 1.807) is 35.7 Å². The molecule has 1 N–H and O–H groups in total. The van der Waals surface area contributed by atoms with E-state index in [4.69, 9.17) is 9.15 Å². The minimum absolute atomic E-state index is 0.00301. The third kappa shape index (κ3) is 4.10. The SMILES string of the molecule is COc1ccc(-c2nn3c(C)nnc3s2)cc1NC(=O)c1ccc(-c2ccc(C)cc2[N+](=O)[O-])o1. The Morgan fingerprint density at radius 3 is 2.71 bits per heavy atom. The van der Waals surface area contributed by atoms with Gasteiger partial charge in [-0.1, -0.05) is 17.4 Å². The summed E-state index contributed by atoms with van der Waals surface area (Å²) >= 11 is 1.37. The number of nitro benzene ring substituents is 1. The van der Waals surface area contributed by atoms with E-state index in [1.165, 1.54) is 36.6 Å². The first-order valence-electron chi connectivity index (χ1n) is 10.4. The van der Waals surface area contributed by atoms with Crippen LogP contribution in [0.3, 0.4) is 0 Å². The van der Waals surface area contributed by atoms with E-state index in [-0.39, 0.29) is 22.8 Å². The van der Waals surface area contributed by atoms with Gasteiger partial charge in [-0.25, -0.2) is 0 Å². The fraction of sp³-hybridized carbons (Fsp3) is 0.130. The molecule has 0 aliphatic heterocycles. The number of aryl methyl sites for hydroxylation is 2. The predicted molar refractivity (Wildman–Crippen MR) is 129 cm³/mol. The Labute approximate surface area is 202 Å². The Bertz CT molecular complexity index is 1600. The van der Waals surface area contributed by atoms with Crippen LogP contribution in [0.15, 0.2) is 52.9 Å². The summed E-state index contributed by atoms with van der Waals surface area (Å²) in [5, 5.41) is 27.5. The van der Waals surface area contributed by atoms with E-state index in [0.717, 1.165) is 11.1 Å². The maximum Gasteiger partial charge on any atom is 0.291 e. The molecule has 2 aromatic carbocycles. The molecule has 12 heteroatoms. The number of nitrogens with one attached hydrogen (secondary N) is 1. The van der Waals surface area contributed by atoms with Crippen molar-refractivity contribution in [1.82, 2.24) is 19.8 Å². The molecular weight excluding hydrogens is 472 g/mol. The average molecular weight is 491 g/mol. The van der Waals surface area contributed by atoms with Crippen molar-refractivity contribution in [2.45, 2.75) is 13.8 Å². The summed E-state index contributed by atoms with van der Waals surface area (Å²) in [6.07, 6.45) is 0. The summed E-state index contributed by atoms with van der Waals surface area (Å²) in [6, 6.07) is 13.1. The zero-order valence-electron chi connectivity index (χ0n) is 18.8. The maximum atomic E-state index is 13.0. The number of hydrogen-bond donors (Lipinski definition) is 1. The van der Waals surface area contributed by atoms with Crippen molar-refractivity contribution in [2.24, 2.45) is 0 Å². The fourth-order valence-electron chi connectivity index (χ4n) is 3.56. The van der Waals surface area contributed by atoms with Crippen LogP contribution in [-0.2, 0) is 0 Å². The van der Waals surface area contributed by atoms with Crippen molar-refractivity contribution in [1.29, 1.82) is 0 Å². The third-order valence-corrected chi connectivity index (χ3v) is 6.23. The van der Waals surface area contributed by atoms with Gasteiger partial charge in [0.25, 0.3) is 11.6 Å². The van der Waals surface area contributed by atoms with Crippen LogP contribution in [0.25, 0.3) is 26.9 Å². The number of nitrogens with zero attached hydrogens (tertiary/aromatic N) is 5. The summed E-state index contributed by atoms with van der Waals surface area (Å²) in [6.45, 7) is 3.58. The largest absolute Gasteiger partial charge is 0.495 e. The molecule has 3 aromatic heterocycles. The quantitative estimate of drug-likeness (QED) is 0.262. The molecule has 0 saturated heterocycles. The number of amides is 1. The number of hydrogen-bond acceptors (Lipinski definition) is 9. The Hall–Kier alpha value is -4.58. The van der Waals surface area contributed by atoms with E-state index >= 15 is 0 Å². The summed E-state index contributed by atoms with van der Waals surface area (Å²) in [5.74, 6) is 0.805. The maximum absolute atomic E-state index is 13.0. The highest BCUT2D eigenvalue weighted by atomic mass is 32.1. The molecule has 5 aromatic rings. The molecule has 3 heterocycles. The summed E-state index contributed by atoms with van der Waals surface area (Å²) in [4.78, 5) is 24.6. The van der Waals surface area contributed by atoms with Crippen molar-refractivity contribution < 1.29 is 18.9 Å². The lowest BCUT2D eigenvalue weighted by atomic mass is 10.1. The van der Waals surface area contributed by atoms with Crippen molar-refractivity contribution in [2.75, 3.05) is 12.4 Å². The summed E-state index contributed by atoms with van der Waals surface area (Å²) in [7, 11) is 1.50. The minimum Gasteiger partial charge on any atom is -0.495 e. The molecule has 35 heavy (non-hydrogen) atoms. The lowest BCUT2D eigenvalue weighted by Gasteiger charge is -2.10. The molecule has 0 aliphatic carbocycles. The van der Waals surface area contributed by atoms with Crippen molar-refractivity contribution in [3.05, 3.63) is 75.8 Å². The van der Waals surface area contributed by atoms with E-state index in [2.05, 4.69) is 20.6 Å². The van der Waals surface area contributed by atoms with Crippen LogP contribution in [0.5, 0.6) is 5.75 Å². The first-order valence-corrected chi connectivity index (χ1v) is 11.2. The molecular formula is C23H18N6O5S. The lowest BCUT2D eigenvalue weighted by molar-refractivity contribution is -0.384. The van der Waals surface area contributed by atoms with Gasteiger partial charge in [-0.2, -0.15) is 9.61 Å². The van der Waals surface area contributed by atoms with Gasteiger partial charge < -0.3 is 14.5 Å². The number of methoxy groups -OCH3 is 1. The van der Waals surface area contributed by atoms with Gasteiger partial charge in [0.15, 0.2) is 11.6 Å². The van der Waals surface area contributed by atoms with E-state index in [1.807, 2.05) is 13.0 Å². The highest BCUT2D eigenvalue weighted by Gasteiger charge is 2.21. The average Bonchev–Trinajstić information content (AvgIpc) is 3.57. The second-order valence-electron chi connectivity index (χ2n) is 7.66. The number of rotatable bonds is 6. The number of aromatic nitrogens is 4. The molecule has 0 saturated carbocycles. The summed E-state index contributed by atoms with van der Waals surface area (Å²) in [5.41, 5.74) is 2.11. The topological polar surface area (TPSA) is 138 Å². The fourth-order valence-corrected chi connectivity index (χ4v) is 4.44. The molecule has 11 nitrogen and oxygen atoms in total. The van der Waals surface area contributed by atoms with Crippen molar-refractivity contribution in [3.8, 4) is 27.6 Å². The molecule has 0 fully saturated rings. The van der Waals surface area contributed by atoms with Crippen LogP contribution < -0.4 is 10.1 Å². The van der Waals surface area contributed by atoms with Crippen LogP contribution in [0.2, 0.25) is 0 Å². The molecule has 176 valence electrons. The highest BCUT2D eigenvalue weighted by Crippen LogP contribution is 2.35. The smallest absolute Gasteiger partial charge is 0.291 e. The highest BCUT2D eigenvalue weighted by molar-refractivity contribution is 7.19. The normalized spacial score (nSPS) is 11.1. The second-order valence-corrected chi connectivity index (χ2v) is 8.62. The Balaban J connectivity index is 1.44. The van der Waals surface area contributed by atoms with Crippen LogP contribution >= 0.6 is 11.3 Å². The standard InChI is InChI=1S/C23H18N6O5S/c1-12-4-6-15(17(10-12)29(31)32)18-8-9-20(34-18)21(30)24-16-11-14(5-7-19(16)33-3)22-27-28-13(2)25-26-23(28)35-22/h4-11H,1-3H3,(H,24,30). The molecule has 0 bridgehead atoms. The number of carbonyl (C=O) groups excluding carboxylic acids is 1. The van der Waals surface area contributed by atoms with Gasteiger partial charge in [0.1, 0.15) is 16.5 Å². The minimum atomic E-state index is -0.532. The number of nitro groups is 1. The molecule has 0 aliphatic rings. The van der Waals surface area contributed by atoms with Gasteiger partial charge in [-0.05, 0) is 55.8 Å². The van der Waals surface area contributed by atoms with E-state index in [9.17, 15) is 14.9 Å². The number of carbonyl (C=O) groups is 1. The molecule has 0 radical (unpaired) electrons. The predicted octanol–water partition coefficient (Wildman–Crippen LogP) is 4.90. The monoisotopic (exact) mass is 490 g/mol. The van der Waals surface area contributed by atoms with Gasteiger partial charge >= 0.3 is 0 Å². The lowest BCUT2D eigenvalue weighted by Crippen LogP contribution is -2.11. The number of ether oxygens (including phenoxy) is 1. The van der Waals surface area contributed by atoms with Crippen LogP contribution in [0, 0.1) is 24.0 Å². The molecule has 0 atom stereocenters. The van der Waals surface area contributed by atoms with Gasteiger partial charge in [-0.15, -0.1) is 10.2 Å². The molecule has 1 amide bonds. The zero-order chi connectivity index (χ0) is 24.7.